The normalized spacial score (nSPS) is 10.1. The molecule has 0 atom stereocenters. The summed E-state index contributed by atoms with van der Waals surface area (Å²) < 4.78 is 5.43. The van der Waals surface area contributed by atoms with E-state index in [2.05, 4.69) is 5.32 Å². The van der Waals surface area contributed by atoms with Crippen molar-refractivity contribution in [3.63, 3.8) is 0 Å². The van der Waals surface area contributed by atoms with E-state index in [1.165, 1.54) is 6.07 Å². The Balaban J connectivity index is 2.36. The summed E-state index contributed by atoms with van der Waals surface area (Å²) in [6, 6.07) is 11.7. The first-order valence-corrected chi connectivity index (χ1v) is 6.90. The van der Waals surface area contributed by atoms with E-state index in [0.717, 1.165) is 0 Å². The van der Waals surface area contributed by atoms with Gasteiger partial charge < -0.3 is 15.2 Å². The molecule has 0 aliphatic rings. The quantitative estimate of drug-likeness (QED) is 0.887. The van der Waals surface area contributed by atoms with E-state index in [4.69, 9.17) is 4.74 Å². The number of hydrogen-bond donors (Lipinski definition) is 2. The maximum absolute atomic E-state index is 12.5. The highest BCUT2D eigenvalue weighted by Crippen LogP contribution is 2.24. The van der Waals surface area contributed by atoms with E-state index in [9.17, 15) is 14.7 Å². The zero-order valence-corrected chi connectivity index (χ0v) is 12.4. The summed E-state index contributed by atoms with van der Waals surface area (Å²) >= 11 is 0. The fraction of sp³-hybridized carbons (Fsp3) is 0.176. The topological polar surface area (TPSA) is 75.6 Å². The van der Waals surface area contributed by atoms with Crippen LogP contribution in [0.2, 0.25) is 0 Å². The Kier molecular flexibility index (Phi) is 4.78. The molecule has 0 unspecified atom stereocenters. The number of rotatable bonds is 5. The third-order valence-corrected chi connectivity index (χ3v) is 3.17. The fourth-order valence-corrected chi connectivity index (χ4v) is 2.13. The molecule has 1 amide bonds. The van der Waals surface area contributed by atoms with Gasteiger partial charge in [-0.3, -0.25) is 4.79 Å². The molecule has 2 aromatic rings. The zero-order valence-electron chi connectivity index (χ0n) is 12.4. The van der Waals surface area contributed by atoms with Crippen LogP contribution in [0.25, 0.3) is 0 Å². The molecule has 22 heavy (non-hydrogen) atoms. The van der Waals surface area contributed by atoms with Crippen molar-refractivity contribution in [2.24, 2.45) is 0 Å². The number of anilines is 1. The molecule has 5 heteroatoms. The van der Waals surface area contributed by atoms with Crippen LogP contribution in [-0.4, -0.2) is 23.6 Å². The van der Waals surface area contributed by atoms with E-state index in [0.29, 0.717) is 29.2 Å². The van der Waals surface area contributed by atoms with E-state index in [1.54, 1.807) is 43.3 Å². The lowest BCUT2D eigenvalue weighted by atomic mass is 10.1. The molecule has 0 aliphatic carbocycles. The van der Waals surface area contributed by atoms with Gasteiger partial charge in [-0.15, -0.1) is 0 Å². The highest BCUT2D eigenvalue weighted by atomic mass is 16.5. The SMILES string of the molecule is CCOc1ccccc1C(=O)Nc1c(C)cccc1C(=O)O. The number of aromatic carboxylic acids is 1. The minimum absolute atomic E-state index is 0.0576. The fourth-order valence-electron chi connectivity index (χ4n) is 2.13. The van der Waals surface area contributed by atoms with Gasteiger partial charge in [-0.25, -0.2) is 4.79 Å². The van der Waals surface area contributed by atoms with Gasteiger partial charge in [0.2, 0.25) is 0 Å². The summed E-state index contributed by atoms with van der Waals surface area (Å²) in [5, 5.41) is 11.9. The molecule has 0 heterocycles. The molecule has 0 aliphatic heterocycles. The molecule has 114 valence electrons. The molecule has 0 aromatic heterocycles. The largest absolute Gasteiger partial charge is 0.493 e. The van der Waals surface area contributed by atoms with Gasteiger partial charge in [0.1, 0.15) is 5.75 Å². The van der Waals surface area contributed by atoms with Crippen LogP contribution in [0.3, 0.4) is 0 Å². The molecule has 2 N–H and O–H groups in total. The van der Waals surface area contributed by atoms with Crippen molar-refractivity contribution < 1.29 is 19.4 Å². The summed E-state index contributed by atoms with van der Waals surface area (Å²) in [6.07, 6.45) is 0. The summed E-state index contributed by atoms with van der Waals surface area (Å²) in [5.74, 6) is -1.02. The number of para-hydroxylation sites is 2. The Morgan fingerprint density at radius 2 is 1.77 bits per heavy atom. The van der Waals surface area contributed by atoms with E-state index in [-0.39, 0.29) is 5.56 Å². The average molecular weight is 299 g/mol. The van der Waals surface area contributed by atoms with Crippen molar-refractivity contribution in [3.8, 4) is 5.75 Å². The number of benzene rings is 2. The van der Waals surface area contributed by atoms with Gasteiger partial charge in [0.15, 0.2) is 0 Å². The van der Waals surface area contributed by atoms with Crippen LogP contribution in [0.15, 0.2) is 42.5 Å². The predicted octanol–water partition coefficient (Wildman–Crippen LogP) is 3.34. The zero-order chi connectivity index (χ0) is 16.1. The van der Waals surface area contributed by atoms with Crippen molar-refractivity contribution in [1.29, 1.82) is 0 Å². The van der Waals surface area contributed by atoms with Gasteiger partial charge in [-0.2, -0.15) is 0 Å². The van der Waals surface area contributed by atoms with Gasteiger partial charge >= 0.3 is 5.97 Å². The lowest BCUT2D eigenvalue weighted by molar-refractivity contribution is 0.0698. The van der Waals surface area contributed by atoms with Crippen LogP contribution >= 0.6 is 0 Å². The highest BCUT2D eigenvalue weighted by Gasteiger charge is 2.17. The van der Waals surface area contributed by atoms with Crippen LogP contribution in [0, 0.1) is 6.92 Å². The third kappa shape index (κ3) is 3.25. The van der Waals surface area contributed by atoms with Crippen molar-refractivity contribution in [2.45, 2.75) is 13.8 Å². The first-order valence-electron chi connectivity index (χ1n) is 6.90. The van der Waals surface area contributed by atoms with E-state index < -0.39 is 11.9 Å². The molecule has 0 radical (unpaired) electrons. The number of aryl methyl sites for hydroxylation is 1. The van der Waals surface area contributed by atoms with Crippen molar-refractivity contribution in [2.75, 3.05) is 11.9 Å². The number of amides is 1. The number of carbonyl (C=O) groups excluding carboxylic acids is 1. The number of hydrogen-bond acceptors (Lipinski definition) is 3. The average Bonchev–Trinajstić information content (AvgIpc) is 2.49. The van der Waals surface area contributed by atoms with Gasteiger partial charge in [0.05, 0.1) is 23.4 Å². The molecule has 2 rings (SSSR count). The second-order valence-electron chi connectivity index (χ2n) is 4.69. The van der Waals surface area contributed by atoms with Crippen LogP contribution in [-0.2, 0) is 0 Å². The van der Waals surface area contributed by atoms with E-state index >= 15 is 0 Å². The Morgan fingerprint density at radius 1 is 1.09 bits per heavy atom. The lowest BCUT2D eigenvalue weighted by Gasteiger charge is -2.13. The van der Waals surface area contributed by atoms with Gasteiger partial charge in [-0.05, 0) is 37.6 Å². The van der Waals surface area contributed by atoms with Crippen molar-refractivity contribution in [3.05, 3.63) is 59.2 Å². The van der Waals surface area contributed by atoms with Crippen LogP contribution < -0.4 is 10.1 Å². The van der Waals surface area contributed by atoms with Gasteiger partial charge in [0.25, 0.3) is 5.91 Å². The summed E-state index contributed by atoms with van der Waals surface area (Å²) in [4.78, 5) is 23.7. The van der Waals surface area contributed by atoms with E-state index in [1.807, 2.05) is 6.92 Å². The molecule has 0 fully saturated rings. The number of nitrogens with one attached hydrogen (secondary N) is 1. The molecule has 0 spiro atoms. The molecule has 5 nitrogen and oxygen atoms in total. The predicted molar refractivity (Wildman–Crippen MR) is 83.7 cm³/mol. The molecule has 0 bridgehead atoms. The van der Waals surface area contributed by atoms with Gasteiger partial charge in [0, 0.05) is 0 Å². The van der Waals surface area contributed by atoms with Crippen LogP contribution in [0.4, 0.5) is 5.69 Å². The molecular weight excluding hydrogens is 282 g/mol. The van der Waals surface area contributed by atoms with Crippen molar-refractivity contribution >= 4 is 17.6 Å². The second kappa shape index (κ2) is 6.76. The number of carbonyl (C=O) groups is 2. The van der Waals surface area contributed by atoms with Crippen LogP contribution in [0.1, 0.15) is 33.2 Å². The Hall–Kier alpha value is -2.82. The monoisotopic (exact) mass is 299 g/mol. The minimum atomic E-state index is -1.09. The first-order chi connectivity index (χ1) is 10.5. The minimum Gasteiger partial charge on any atom is -0.493 e. The first kappa shape index (κ1) is 15.6. The Bertz CT molecular complexity index is 710. The summed E-state index contributed by atoms with van der Waals surface area (Å²) in [7, 11) is 0. The highest BCUT2D eigenvalue weighted by molar-refractivity contribution is 6.09. The molecular formula is C17H17NO4. The maximum atomic E-state index is 12.5. The summed E-state index contributed by atoms with van der Waals surface area (Å²) in [5.41, 5.74) is 1.40. The summed E-state index contributed by atoms with van der Waals surface area (Å²) in [6.45, 7) is 4.02. The maximum Gasteiger partial charge on any atom is 0.337 e. The Morgan fingerprint density at radius 3 is 2.45 bits per heavy atom. The van der Waals surface area contributed by atoms with Crippen molar-refractivity contribution in [1.82, 2.24) is 0 Å². The molecule has 2 aromatic carbocycles. The Labute approximate surface area is 128 Å². The second-order valence-corrected chi connectivity index (χ2v) is 4.69. The lowest BCUT2D eigenvalue weighted by Crippen LogP contribution is -2.17. The standard InChI is InChI=1S/C17H17NO4/c1-3-22-14-10-5-4-8-12(14)16(19)18-15-11(2)7-6-9-13(15)17(20)21/h4-10H,3H2,1-2H3,(H,18,19)(H,20,21). The number of carboxylic acid groups (broad SMARTS) is 1. The smallest absolute Gasteiger partial charge is 0.337 e. The molecule has 0 saturated heterocycles. The third-order valence-electron chi connectivity index (χ3n) is 3.17. The van der Waals surface area contributed by atoms with Gasteiger partial charge in [-0.1, -0.05) is 24.3 Å². The number of ether oxygens (including phenoxy) is 1. The molecule has 0 saturated carbocycles. The van der Waals surface area contributed by atoms with Crippen LogP contribution in [0.5, 0.6) is 5.75 Å². The number of carboxylic acids is 1.